The Balaban J connectivity index is 2.07. The minimum atomic E-state index is -0.576. The van der Waals surface area contributed by atoms with E-state index in [0.717, 1.165) is 6.07 Å². The second-order valence-electron chi connectivity index (χ2n) is 4.21. The minimum absolute atomic E-state index is 0.0701. The normalized spacial score (nSPS) is 10.3. The number of amides is 1. The first-order valence-corrected chi connectivity index (χ1v) is 6.50. The monoisotopic (exact) mass is 312 g/mol. The van der Waals surface area contributed by atoms with Gasteiger partial charge in [0.05, 0.1) is 22.2 Å². The Morgan fingerprint density at radius 2 is 1.90 bits per heavy atom. The Bertz CT molecular complexity index is 662. The molecule has 0 unspecified atom stereocenters. The highest BCUT2D eigenvalue weighted by molar-refractivity contribution is 6.42. The van der Waals surface area contributed by atoms with Gasteiger partial charge in [-0.3, -0.25) is 4.79 Å². The molecule has 0 atom stereocenters. The zero-order valence-electron chi connectivity index (χ0n) is 10.3. The Hall–Kier alpha value is -1.78. The van der Waals surface area contributed by atoms with Gasteiger partial charge >= 0.3 is 0 Å². The second-order valence-corrected chi connectivity index (χ2v) is 5.03. The van der Waals surface area contributed by atoms with Crippen molar-refractivity contribution >= 4 is 40.5 Å². The van der Waals surface area contributed by atoms with E-state index in [1.165, 1.54) is 12.1 Å². The first kappa shape index (κ1) is 14.6. The average molecular weight is 313 g/mol. The third-order valence-electron chi connectivity index (χ3n) is 2.62. The van der Waals surface area contributed by atoms with Crippen molar-refractivity contribution in [2.75, 3.05) is 11.1 Å². The van der Waals surface area contributed by atoms with E-state index >= 15 is 0 Å². The van der Waals surface area contributed by atoms with Gasteiger partial charge in [-0.05, 0) is 35.9 Å². The van der Waals surface area contributed by atoms with E-state index in [4.69, 9.17) is 28.9 Å². The zero-order chi connectivity index (χ0) is 14.7. The Morgan fingerprint density at radius 1 is 1.15 bits per heavy atom. The first-order chi connectivity index (χ1) is 9.45. The third-order valence-corrected chi connectivity index (χ3v) is 3.35. The summed E-state index contributed by atoms with van der Waals surface area (Å²) in [7, 11) is 0. The van der Waals surface area contributed by atoms with E-state index in [9.17, 15) is 9.18 Å². The molecule has 0 bridgehead atoms. The molecule has 0 aliphatic heterocycles. The topological polar surface area (TPSA) is 55.1 Å². The highest BCUT2D eigenvalue weighted by atomic mass is 35.5. The van der Waals surface area contributed by atoms with Crippen molar-refractivity contribution < 1.29 is 9.18 Å². The molecular formula is C14H11Cl2FN2O. The molecule has 2 aromatic rings. The van der Waals surface area contributed by atoms with E-state index in [1.54, 1.807) is 18.2 Å². The molecular weight excluding hydrogens is 302 g/mol. The summed E-state index contributed by atoms with van der Waals surface area (Å²) in [5.74, 6) is -0.931. The van der Waals surface area contributed by atoms with Crippen molar-refractivity contribution in [2.45, 2.75) is 6.42 Å². The van der Waals surface area contributed by atoms with Crippen molar-refractivity contribution in [1.82, 2.24) is 0 Å². The van der Waals surface area contributed by atoms with E-state index in [2.05, 4.69) is 5.32 Å². The van der Waals surface area contributed by atoms with Gasteiger partial charge in [0.2, 0.25) is 5.91 Å². The quantitative estimate of drug-likeness (QED) is 0.845. The van der Waals surface area contributed by atoms with Crippen molar-refractivity contribution in [3.05, 3.63) is 57.8 Å². The van der Waals surface area contributed by atoms with Crippen LogP contribution in [-0.2, 0) is 11.2 Å². The lowest BCUT2D eigenvalue weighted by molar-refractivity contribution is -0.115. The van der Waals surface area contributed by atoms with Crippen LogP contribution in [0, 0.1) is 5.82 Å². The summed E-state index contributed by atoms with van der Waals surface area (Å²) in [6.45, 7) is 0. The standard InChI is InChI=1S/C14H11Cl2FN2O/c15-10-3-1-8(5-11(10)16)6-14(20)19-13-4-2-9(18)7-12(13)17/h1-5,7H,6,18H2,(H,19,20). The lowest BCUT2D eigenvalue weighted by atomic mass is 10.1. The molecule has 6 heteroatoms. The summed E-state index contributed by atoms with van der Waals surface area (Å²) in [6.07, 6.45) is 0.0701. The minimum Gasteiger partial charge on any atom is -0.399 e. The highest BCUT2D eigenvalue weighted by Gasteiger charge is 2.09. The molecule has 2 aromatic carbocycles. The van der Waals surface area contributed by atoms with Gasteiger partial charge in [0, 0.05) is 5.69 Å². The van der Waals surface area contributed by atoms with E-state index < -0.39 is 5.82 Å². The maximum absolute atomic E-state index is 13.5. The molecule has 0 radical (unpaired) electrons. The number of carbonyl (C=O) groups excluding carboxylic acids is 1. The molecule has 0 aliphatic rings. The number of anilines is 2. The molecule has 1 amide bonds. The van der Waals surface area contributed by atoms with Gasteiger partial charge in [-0.25, -0.2) is 4.39 Å². The number of rotatable bonds is 3. The summed E-state index contributed by atoms with van der Waals surface area (Å²) in [5, 5.41) is 3.26. The molecule has 0 saturated carbocycles. The largest absolute Gasteiger partial charge is 0.399 e. The van der Waals surface area contributed by atoms with Crippen molar-refractivity contribution in [1.29, 1.82) is 0 Å². The van der Waals surface area contributed by atoms with Crippen LogP contribution in [0.25, 0.3) is 0 Å². The summed E-state index contributed by atoms with van der Waals surface area (Å²) < 4.78 is 13.5. The fourth-order valence-electron chi connectivity index (χ4n) is 1.66. The zero-order valence-corrected chi connectivity index (χ0v) is 11.8. The maximum atomic E-state index is 13.5. The summed E-state index contributed by atoms with van der Waals surface area (Å²) in [6, 6.07) is 8.97. The predicted molar refractivity (Wildman–Crippen MR) is 79.6 cm³/mol. The number of hydrogen-bond acceptors (Lipinski definition) is 2. The lowest BCUT2D eigenvalue weighted by Gasteiger charge is -2.07. The number of benzene rings is 2. The predicted octanol–water partition coefficient (Wildman–Crippen LogP) is 3.90. The molecule has 104 valence electrons. The summed E-state index contributed by atoms with van der Waals surface area (Å²) in [5.41, 5.74) is 6.50. The SMILES string of the molecule is Nc1ccc(NC(=O)Cc2ccc(Cl)c(Cl)c2)c(F)c1. The van der Waals surface area contributed by atoms with Crippen LogP contribution in [0.2, 0.25) is 10.0 Å². The molecule has 0 heterocycles. The van der Waals surface area contributed by atoms with Crippen LogP contribution in [-0.4, -0.2) is 5.91 Å². The molecule has 20 heavy (non-hydrogen) atoms. The molecule has 0 spiro atoms. The number of nitrogen functional groups attached to an aromatic ring is 1. The fourth-order valence-corrected chi connectivity index (χ4v) is 1.98. The number of hydrogen-bond donors (Lipinski definition) is 2. The maximum Gasteiger partial charge on any atom is 0.228 e. The lowest BCUT2D eigenvalue weighted by Crippen LogP contribution is -2.15. The van der Waals surface area contributed by atoms with Gasteiger partial charge in [-0.1, -0.05) is 29.3 Å². The van der Waals surface area contributed by atoms with Crippen molar-refractivity contribution in [3.8, 4) is 0 Å². The third kappa shape index (κ3) is 3.62. The molecule has 0 aliphatic carbocycles. The van der Waals surface area contributed by atoms with E-state index in [0.29, 0.717) is 21.3 Å². The van der Waals surface area contributed by atoms with Gasteiger partial charge < -0.3 is 11.1 Å². The van der Waals surface area contributed by atoms with Crippen LogP contribution in [0.1, 0.15) is 5.56 Å². The van der Waals surface area contributed by atoms with Crippen molar-refractivity contribution in [3.63, 3.8) is 0 Å². The van der Waals surface area contributed by atoms with Gasteiger partial charge in [-0.15, -0.1) is 0 Å². The molecule has 0 saturated heterocycles. The van der Waals surface area contributed by atoms with E-state index in [1.807, 2.05) is 0 Å². The average Bonchev–Trinajstić information content (AvgIpc) is 2.37. The van der Waals surface area contributed by atoms with Crippen LogP contribution in [0.3, 0.4) is 0 Å². The van der Waals surface area contributed by atoms with Crippen molar-refractivity contribution in [2.24, 2.45) is 0 Å². The Kier molecular flexibility index (Phi) is 4.47. The Morgan fingerprint density at radius 3 is 2.55 bits per heavy atom. The van der Waals surface area contributed by atoms with Crippen LogP contribution in [0.4, 0.5) is 15.8 Å². The number of carbonyl (C=O) groups is 1. The van der Waals surface area contributed by atoms with Gasteiger partial charge in [-0.2, -0.15) is 0 Å². The number of halogens is 3. The van der Waals surface area contributed by atoms with Gasteiger partial charge in [0.25, 0.3) is 0 Å². The van der Waals surface area contributed by atoms with Crippen LogP contribution >= 0.6 is 23.2 Å². The first-order valence-electron chi connectivity index (χ1n) is 5.74. The number of nitrogens with two attached hydrogens (primary N) is 1. The van der Waals surface area contributed by atoms with Gasteiger partial charge in [0.1, 0.15) is 5.82 Å². The van der Waals surface area contributed by atoms with Crippen LogP contribution < -0.4 is 11.1 Å². The second kappa shape index (κ2) is 6.11. The molecule has 0 fully saturated rings. The smallest absolute Gasteiger partial charge is 0.228 e. The molecule has 3 N–H and O–H groups in total. The fraction of sp³-hybridized carbons (Fsp3) is 0.0714. The highest BCUT2D eigenvalue weighted by Crippen LogP contribution is 2.23. The Labute approximate surface area is 125 Å². The molecule has 2 rings (SSSR count). The van der Waals surface area contributed by atoms with Crippen LogP contribution in [0.15, 0.2) is 36.4 Å². The van der Waals surface area contributed by atoms with Crippen LogP contribution in [0.5, 0.6) is 0 Å². The van der Waals surface area contributed by atoms with E-state index in [-0.39, 0.29) is 18.0 Å². The summed E-state index contributed by atoms with van der Waals surface area (Å²) >= 11 is 11.7. The molecule has 3 nitrogen and oxygen atoms in total. The number of nitrogens with one attached hydrogen (secondary N) is 1. The summed E-state index contributed by atoms with van der Waals surface area (Å²) in [4.78, 5) is 11.8. The van der Waals surface area contributed by atoms with Gasteiger partial charge in [0.15, 0.2) is 0 Å². The molecule has 0 aromatic heterocycles.